The van der Waals surface area contributed by atoms with E-state index >= 15 is 0 Å². The Morgan fingerprint density at radius 1 is 1.08 bits per heavy atom. The lowest BCUT2D eigenvalue weighted by Gasteiger charge is -2.15. The largest absolute Gasteiger partial charge is 0.480 e. The second kappa shape index (κ2) is 7.56. The van der Waals surface area contributed by atoms with E-state index in [0.29, 0.717) is 10.9 Å². The summed E-state index contributed by atoms with van der Waals surface area (Å²) in [6.45, 7) is -0.408. The number of aliphatic carboxylic acids is 1. The predicted molar refractivity (Wildman–Crippen MR) is 93.5 cm³/mol. The molecule has 2 aromatic carbocycles. The molecule has 132 valence electrons. The standard InChI is InChI=1S/C18H16N4O4/c23-16(19-15(18(25)26)10-12-6-2-1-3-7-12)11-22-17(24)13-8-4-5-9-14(13)20-21-22/h1-9,15H,10-11H2,(H,19,23)(H,25,26)/t15-/m0/s1. The molecular formula is C18H16N4O4. The maximum Gasteiger partial charge on any atom is 0.326 e. The zero-order valence-corrected chi connectivity index (χ0v) is 13.7. The van der Waals surface area contributed by atoms with Gasteiger partial charge in [-0.2, -0.15) is 0 Å². The van der Waals surface area contributed by atoms with Crippen LogP contribution in [-0.4, -0.2) is 38.0 Å². The lowest BCUT2D eigenvalue weighted by atomic mass is 10.1. The molecule has 0 aliphatic carbocycles. The topological polar surface area (TPSA) is 114 Å². The molecule has 1 amide bonds. The zero-order valence-electron chi connectivity index (χ0n) is 13.7. The van der Waals surface area contributed by atoms with Crippen molar-refractivity contribution in [2.45, 2.75) is 19.0 Å². The van der Waals surface area contributed by atoms with Crippen LogP contribution in [0.3, 0.4) is 0 Å². The predicted octanol–water partition coefficient (Wildman–Crippen LogP) is 0.604. The summed E-state index contributed by atoms with van der Waals surface area (Å²) >= 11 is 0. The minimum atomic E-state index is -1.15. The van der Waals surface area contributed by atoms with E-state index in [1.54, 1.807) is 48.5 Å². The summed E-state index contributed by atoms with van der Waals surface area (Å²) in [7, 11) is 0. The average Bonchev–Trinajstić information content (AvgIpc) is 2.64. The zero-order chi connectivity index (χ0) is 18.5. The van der Waals surface area contributed by atoms with Gasteiger partial charge in [-0.25, -0.2) is 9.48 Å². The van der Waals surface area contributed by atoms with E-state index in [-0.39, 0.29) is 6.42 Å². The van der Waals surface area contributed by atoms with Crippen molar-refractivity contribution in [1.29, 1.82) is 0 Å². The van der Waals surface area contributed by atoms with E-state index in [2.05, 4.69) is 15.6 Å². The van der Waals surface area contributed by atoms with Crippen LogP contribution in [0.15, 0.2) is 59.4 Å². The van der Waals surface area contributed by atoms with E-state index in [1.807, 2.05) is 6.07 Å². The van der Waals surface area contributed by atoms with Gasteiger partial charge in [-0.3, -0.25) is 9.59 Å². The fourth-order valence-corrected chi connectivity index (χ4v) is 2.55. The second-order valence-corrected chi connectivity index (χ2v) is 5.72. The smallest absolute Gasteiger partial charge is 0.326 e. The molecule has 0 saturated carbocycles. The van der Waals surface area contributed by atoms with Gasteiger partial charge in [0.15, 0.2) is 0 Å². The number of fused-ring (bicyclic) bond motifs is 1. The number of carbonyl (C=O) groups excluding carboxylic acids is 1. The van der Waals surface area contributed by atoms with Gasteiger partial charge in [0, 0.05) is 6.42 Å². The second-order valence-electron chi connectivity index (χ2n) is 5.72. The Morgan fingerprint density at radius 3 is 2.50 bits per heavy atom. The Bertz CT molecular complexity index is 1000. The third-order valence-corrected chi connectivity index (χ3v) is 3.84. The minimum Gasteiger partial charge on any atom is -0.480 e. The van der Waals surface area contributed by atoms with Crippen LogP contribution in [0.1, 0.15) is 5.56 Å². The van der Waals surface area contributed by atoms with E-state index in [4.69, 9.17) is 0 Å². The molecule has 0 saturated heterocycles. The third-order valence-electron chi connectivity index (χ3n) is 3.84. The number of benzene rings is 2. The molecule has 0 fully saturated rings. The Hall–Kier alpha value is -3.55. The summed E-state index contributed by atoms with van der Waals surface area (Å²) in [6.07, 6.45) is 0.139. The number of hydrogen-bond acceptors (Lipinski definition) is 5. The van der Waals surface area contributed by atoms with Crippen LogP contribution >= 0.6 is 0 Å². The summed E-state index contributed by atoms with van der Waals surface area (Å²) < 4.78 is 0.916. The highest BCUT2D eigenvalue weighted by Gasteiger charge is 2.21. The van der Waals surface area contributed by atoms with Gasteiger partial charge in [0.05, 0.1) is 5.39 Å². The van der Waals surface area contributed by atoms with E-state index < -0.39 is 30.0 Å². The van der Waals surface area contributed by atoms with E-state index in [1.165, 1.54) is 0 Å². The van der Waals surface area contributed by atoms with Crippen molar-refractivity contribution in [2.75, 3.05) is 0 Å². The summed E-state index contributed by atoms with van der Waals surface area (Å²) in [4.78, 5) is 36.0. The molecule has 1 aromatic heterocycles. The summed E-state index contributed by atoms with van der Waals surface area (Å²) in [5.41, 5.74) is 0.755. The number of rotatable bonds is 6. The van der Waals surface area contributed by atoms with Crippen LogP contribution in [-0.2, 0) is 22.6 Å². The van der Waals surface area contributed by atoms with Crippen molar-refractivity contribution in [1.82, 2.24) is 20.3 Å². The number of nitrogens with one attached hydrogen (secondary N) is 1. The van der Waals surface area contributed by atoms with Crippen molar-refractivity contribution in [3.63, 3.8) is 0 Å². The molecule has 1 atom stereocenters. The van der Waals surface area contributed by atoms with Crippen LogP contribution in [0, 0.1) is 0 Å². The first-order valence-electron chi connectivity index (χ1n) is 7.93. The maximum atomic E-state index is 12.3. The Morgan fingerprint density at radius 2 is 1.77 bits per heavy atom. The first kappa shape index (κ1) is 17.3. The Labute approximate surface area is 148 Å². The average molecular weight is 352 g/mol. The highest BCUT2D eigenvalue weighted by molar-refractivity contribution is 5.84. The molecule has 8 heteroatoms. The number of carbonyl (C=O) groups is 2. The molecule has 26 heavy (non-hydrogen) atoms. The first-order chi connectivity index (χ1) is 12.5. The van der Waals surface area contributed by atoms with Gasteiger partial charge < -0.3 is 10.4 Å². The molecule has 3 rings (SSSR count). The number of nitrogens with zero attached hydrogens (tertiary/aromatic N) is 3. The minimum absolute atomic E-state index is 0.139. The van der Waals surface area contributed by atoms with Crippen LogP contribution in [0.25, 0.3) is 10.9 Å². The SMILES string of the molecule is O=C(Cn1nnc2ccccc2c1=O)N[C@@H](Cc1ccccc1)C(=O)O. The Kier molecular flexibility index (Phi) is 5.02. The first-order valence-corrected chi connectivity index (χ1v) is 7.93. The van der Waals surface area contributed by atoms with Crippen molar-refractivity contribution in [3.8, 4) is 0 Å². The lowest BCUT2D eigenvalue weighted by Crippen LogP contribution is -2.45. The molecule has 0 spiro atoms. The number of amides is 1. The summed E-state index contributed by atoms with van der Waals surface area (Å²) in [6, 6.07) is 14.5. The number of carboxylic acid groups (broad SMARTS) is 1. The molecular weight excluding hydrogens is 336 g/mol. The molecule has 1 heterocycles. The number of carboxylic acids is 1. The van der Waals surface area contributed by atoms with Crippen molar-refractivity contribution < 1.29 is 14.7 Å². The van der Waals surface area contributed by atoms with Crippen LogP contribution in [0.2, 0.25) is 0 Å². The molecule has 0 aliphatic rings. The maximum absolute atomic E-state index is 12.3. The van der Waals surface area contributed by atoms with Gasteiger partial charge in [0.25, 0.3) is 5.56 Å². The van der Waals surface area contributed by atoms with Gasteiger partial charge in [0.2, 0.25) is 5.91 Å². The van der Waals surface area contributed by atoms with Crippen molar-refractivity contribution >= 4 is 22.8 Å². The quantitative estimate of drug-likeness (QED) is 0.672. The molecule has 2 N–H and O–H groups in total. The highest BCUT2D eigenvalue weighted by atomic mass is 16.4. The van der Waals surface area contributed by atoms with E-state index in [0.717, 1.165) is 10.2 Å². The number of aromatic nitrogens is 3. The monoisotopic (exact) mass is 352 g/mol. The van der Waals surface area contributed by atoms with Crippen molar-refractivity contribution in [2.24, 2.45) is 0 Å². The van der Waals surface area contributed by atoms with Gasteiger partial charge in [-0.05, 0) is 17.7 Å². The van der Waals surface area contributed by atoms with Crippen LogP contribution in [0.4, 0.5) is 0 Å². The fourth-order valence-electron chi connectivity index (χ4n) is 2.55. The van der Waals surface area contributed by atoms with Crippen LogP contribution in [0.5, 0.6) is 0 Å². The van der Waals surface area contributed by atoms with Gasteiger partial charge in [-0.1, -0.05) is 47.7 Å². The highest BCUT2D eigenvalue weighted by Crippen LogP contribution is 2.05. The van der Waals surface area contributed by atoms with Gasteiger partial charge >= 0.3 is 5.97 Å². The fraction of sp³-hybridized carbons (Fsp3) is 0.167. The molecule has 8 nitrogen and oxygen atoms in total. The van der Waals surface area contributed by atoms with Gasteiger partial charge in [-0.15, -0.1) is 5.10 Å². The van der Waals surface area contributed by atoms with Crippen molar-refractivity contribution in [3.05, 3.63) is 70.5 Å². The van der Waals surface area contributed by atoms with Crippen LogP contribution < -0.4 is 10.9 Å². The Balaban J connectivity index is 1.74. The molecule has 0 radical (unpaired) electrons. The molecule has 3 aromatic rings. The molecule has 0 bridgehead atoms. The lowest BCUT2D eigenvalue weighted by molar-refractivity contribution is -0.141. The summed E-state index contributed by atoms with van der Waals surface area (Å²) in [5.74, 6) is -1.78. The third kappa shape index (κ3) is 3.92. The van der Waals surface area contributed by atoms with E-state index in [9.17, 15) is 19.5 Å². The molecule has 0 unspecified atom stereocenters. The normalized spacial score (nSPS) is 11.8. The molecule has 0 aliphatic heterocycles. The number of hydrogen-bond donors (Lipinski definition) is 2. The van der Waals surface area contributed by atoms with Gasteiger partial charge in [0.1, 0.15) is 18.1 Å². The summed E-state index contributed by atoms with van der Waals surface area (Å²) in [5, 5.41) is 19.7.